The van der Waals surface area contributed by atoms with Gasteiger partial charge in [-0.05, 0) is 72.5 Å². The first-order valence-electron chi connectivity index (χ1n) is 10.4. The number of halogens is 1. The lowest BCUT2D eigenvalue weighted by molar-refractivity contribution is 0.642. The van der Waals surface area contributed by atoms with Crippen molar-refractivity contribution in [1.82, 2.24) is 35.5 Å². The standard InChI is InChI=1S/C24H21N7.ClH/c1-15-8-18(13-26-11-15)17-3-5-22-21(10-17)24(29-27-22)23-14-31(30-28-23)20-4-2-16-6-7-25-12-19(16)9-20;/h2-5,8-11,13-14,25H,6-7,12H2,1H3,(H,27,29);1H. The van der Waals surface area contributed by atoms with Crippen molar-refractivity contribution in [3.05, 3.63) is 77.7 Å². The minimum atomic E-state index is 0. The molecule has 160 valence electrons. The molecular weight excluding hydrogens is 422 g/mol. The monoisotopic (exact) mass is 443 g/mol. The van der Waals surface area contributed by atoms with E-state index in [9.17, 15) is 0 Å². The fraction of sp³-hybridized carbons (Fsp3) is 0.167. The van der Waals surface area contributed by atoms with Gasteiger partial charge in [0.1, 0.15) is 11.4 Å². The highest BCUT2D eigenvalue weighted by Crippen LogP contribution is 2.30. The van der Waals surface area contributed by atoms with Gasteiger partial charge in [-0.1, -0.05) is 17.3 Å². The van der Waals surface area contributed by atoms with Gasteiger partial charge in [0.25, 0.3) is 0 Å². The Hall–Kier alpha value is -3.55. The molecule has 0 amide bonds. The Labute approximate surface area is 191 Å². The fourth-order valence-electron chi connectivity index (χ4n) is 4.21. The van der Waals surface area contributed by atoms with Gasteiger partial charge in [-0.15, -0.1) is 17.5 Å². The molecular formula is C24H22ClN7. The largest absolute Gasteiger partial charge is 0.312 e. The zero-order valence-corrected chi connectivity index (χ0v) is 18.4. The Morgan fingerprint density at radius 3 is 2.81 bits per heavy atom. The van der Waals surface area contributed by atoms with E-state index in [4.69, 9.17) is 0 Å². The highest BCUT2D eigenvalue weighted by molar-refractivity contribution is 5.94. The SMILES string of the molecule is Cc1cncc(-c2ccc3[nH]nc(-c4cn(-c5ccc6c(c5)CNCC6)nn4)c3c2)c1.Cl. The van der Waals surface area contributed by atoms with Crippen LogP contribution in [0.1, 0.15) is 16.7 Å². The highest BCUT2D eigenvalue weighted by atomic mass is 35.5. The van der Waals surface area contributed by atoms with Crippen LogP contribution in [0.2, 0.25) is 0 Å². The third-order valence-electron chi connectivity index (χ3n) is 5.85. The van der Waals surface area contributed by atoms with Crippen molar-refractivity contribution >= 4 is 23.3 Å². The average molecular weight is 444 g/mol. The molecule has 2 N–H and O–H groups in total. The van der Waals surface area contributed by atoms with Crippen LogP contribution in [-0.4, -0.2) is 36.7 Å². The summed E-state index contributed by atoms with van der Waals surface area (Å²) in [4.78, 5) is 4.32. The van der Waals surface area contributed by atoms with Gasteiger partial charge in [-0.3, -0.25) is 10.1 Å². The maximum Gasteiger partial charge on any atom is 0.134 e. The molecule has 0 saturated heterocycles. The van der Waals surface area contributed by atoms with Crippen LogP contribution < -0.4 is 5.32 Å². The Bertz CT molecular complexity index is 1420. The van der Waals surface area contributed by atoms with Crippen LogP contribution in [0.25, 0.3) is 39.1 Å². The Morgan fingerprint density at radius 1 is 0.969 bits per heavy atom. The fourth-order valence-corrected chi connectivity index (χ4v) is 4.21. The molecule has 1 aliphatic heterocycles. The smallest absolute Gasteiger partial charge is 0.134 e. The third-order valence-corrected chi connectivity index (χ3v) is 5.85. The number of aromatic amines is 1. The van der Waals surface area contributed by atoms with Crippen LogP contribution in [0, 0.1) is 6.92 Å². The summed E-state index contributed by atoms with van der Waals surface area (Å²) in [6.07, 6.45) is 6.75. The summed E-state index contributed by atoms with van der Waals surface area (Å²) in [5.41, 5.74) is 9.54. The van der Waals surface area contributed by atoms with Crippen LogP contribution >= 0.6 is 12.4 Å². The van der Waals surface area contributed by atoms with Gasteiger partial charge in [0, 0.05) is 29.9 Å². The Morgan fingerprint density at radius 2 is 1.91 bits per heavy atom. The molecule has 0 aliphatic carbocycles. The van der Waals surface area contributed by atoms with Crippen LogP contribution in [-0.2, 0) is 13.0 Å². The van der Waals surface area contributed by atoms with Gasteiger partial charge >= 0.3 is 0 Å². The predicted octanol–water partition coefficient (Wildman–Crippen LogP) is 4.25. The van der Waals surface area contributed by atoms with Crippen LogP contribution in [0.15, 0.2) is 61.1 Å². The van der Waals surface area contributed by atoms with Crippen molar-refractivity contribution in [2.75, 3.05) is 6.54 Å². The minimum absolute atomic E-state index is 0. The molecule has 0 fully saturated rings. The van der Waals surface area contributed by atoms with Gasteiger partial charge < -0.3 is 5.32 Å². The quantitative estimate of drug-likeness (QED) is 0.435. The summed E-state index contributed by atoms with van der Waals surface area (Å²) in [7, 11) is 0. The molecule has 1 aliphatic rings. The second-order valence-electron chi connectivity index (χ2n) is 8.01. The number of aryl methyl sites for hydroxylation is 1. The second-order valence-corrected chi connectivity index (χ2v) is 8.01. The van der Waals surface area contributed by atoms with Crippen LogP contribution in [0.3, 0.4) is 0 Å². The first kappa shape index (κ1) is 20.4. The van der Waals surface area contributed by atoms with Gasteiger partial charge in [-0.2, -0.15) is 5.10 Å². The molecule has 4 heterocycles. The summed E-state index contributed by atoms with van der Waals surface area (Å²) in [6, 6.07) is 14.9. The average Bonchev–Trinajstić information content (AvgIpc) is 3.45. The first-order valence-corrected chi connectivity index (χ1v) is 10.4. The minimum Gasteiger partial charge on any atom is -0.312 e. The molecule has 7 nitrogen and oxygen atoms in total. The lowest BCUT2D eigenvalue weighted by atomic mass is 10.0. The summed E-state index contributed by atoms with van der Waals surface area (Å²) in [5, 5.41) is 20.9. The maximum atomic E-state index is 4.53. The number of H-pyrrole nitrogens is 1. The molecule has 0 bridgehead atoms. The van der Waals surface area contributed by atoms with E-state index in [2.05, 4.69) is 67.2 Å². The van der Waals surface area contributed by atoms with Crippen molar-refractivity contribution in [2.45, 2.75) is 19.9 Å². The summed E-state index contributed by atoms with van der Waals surface area (Å²) in [6.45, 7) is 3.98. The number of benzene rings is 2. The number of hydrogen-bond acceptors (Lipinski definition) is 5. The third kappa shape index (κ3) is 3.55. The highest BCUT2D eigenvalue weighted by Gasteiger charge is 2.15. The molecule has 0 unspecified atom stereocenters. The zero-order chi connectivity index (χ0) is 20.8. The van der Waals surface area contributed by atoms with E-state index in [1.54, 1.807) is 0 Å². The molecule has 0 saturated carbocycles. The van der Waals surface area contributed by atoms with Gasteiger partial charge in [0.15, 0.2) is 0 Å². The topological polar surface area (TPSA) is 84.3 Å². The Kier molecular flexibility index (Phi) is 5.20. The van der Waals surface area contributed by atoms with Crippen molar-refractivity contribution in [1.29, 1.82) is 0 Å². The van der Waals surface area contributed by atoms with Crippen LogP contribution in [0.5, 0.6) is 0 Å². The summed E-state index contributed by atoms with van der Waals surface area (Å²) >= 11 is 0. The van der Waals surface area contributed by atoms with Gasteiger partial charge in [-0.25, -0.2) is 4.68 Å². The van der Waals surface area contributed by atoms with E-state index in [1.807, 2.05) is 36.3 Å². The van der Waals surface area contributed by atoms with Crippen molar-refractivity contribution in [3.63, 3.8) is 0 Å². The lowest BCUT2D eigenvalue weighted by Gasteiger charge is -2.17. The number of fused-ring (bicyclic) bond motifs is 2. The molecule has 8 heteroatoms. The van der Waals surface area contributed by atoms with E-state index in [-0.39, 0.29) is 12.4 Å². The molecule has 0 atom stereocenters. The zero-order valence-electron chi connectivity index (χ0n) is 17.5. The first-order chi connectivity index (χ1) is 15.2. The molecule has 5 aromatic rings. The summed E-state index contributed by atoms with van der Waals surface area (Å²) in [5.74, 6) is 0. The van der Waals surface area contributed by atoms with Gasteiger partial charge in [0.2, 0.25) is 0 Å². The van der Waals surface area contributed by atoms with E-state index in [0.29, 0.717) is 0 Å². The lowest BCUT2D eigenvalue weighted by Crippen LogP contribution is -2.23. The molecule has 0 spiro atoms. The van der Waals surface area contributed by atoms with Gasteiger partial charge in [0.05, 0.1) is 17.4 Å². The van der Waals surface area contributed by atoms with E-state index >= 15 is 0 Å². The normalized spacial score (nSPS) is 13.0. The molecule has 2 aromatic carbocycles. The van der Waals surface area contributed by atoms with E-state index in [0.717, 1.165) is 64.2 Å². The number of nitrogens with one attached hydrogen (secondary N) is 2. The van der Waals surface area contributed by atoms with Crippen molar-refractivity contribution in [3.8, 4) is 28.2 Å². The van der Waals surface area contributed by atoms with Crippen LogP contribution in [0.4, 0.5) is 0 Å². The number of rotatable bonds is 3. The molecule has 6 rings (SSSR count). The molecule has 32 heavy (non-hydrogen) atoms. The molecule has 3 aromatic heterocycles. The van der Waals surface area contributed by atoms with E-state index < -0.39 is 0 Å². The predicted molar refractivity (Wildman–Crippen MR) is 127 cm³/mol. The number of aromatic nitrogens is 6. The van der Waals surface area contributed by atoms with E-state index in [1.165, 1.54) is 11.1 Å². The second kappa shape index (κ2) is 8.18. The number of nitrogens with zero attached hydrogens (tertiary/aromatic N) is 5. The summed E-state index contributed by atoms with van der Waals surface area (Å²) < 4.78 is 1.82. The number of pyridine rings is 1. The molecule has 0 radical (unpaired) electrons. The van der Waals surface area contributed by atoms with Crippen molar-refractivity contribution < 1.29 is 0 Å². The number of hydrogen-bond donors (Lipinski definition) is 2. The van der Waals surface area contributed by atoms with Crippen molar-refractivity contribution in [2.24, 2.45) is 0 Å². The maximum absolute atomic E-state index is 4.53. The Balaban J connectivity index is 0.00000216.